The third-order valence-electron chi connectivity index (χ3n) is 4.26. The third-order valence-corrected chi connectivity index (χ3v) is 4.26. The van der Waals surface area contributed by atoms with Crippen LogP contribution in [-0.2, 0) is 9.88 Å². The first-order valence-corrected chi connectivity index (χ1v) is 5.65. The Kier molecular flexibility index (Phi) is 1.92. The molecule has 84 valence electrons. The van der Waals surface area contributed by atoms with Crippen LogP contribution in [0.4, 0.5) is 0 Å². The van der Waals surface area contributed by atoms with Crippen LogP contribution in [0, 0.1) is 27.9 Å². The standard InChI is InChI=1S/C10H15NO4/c12-11(13)15-14-10-4-7-1-8(5-10)3-9(2-7)6-10/h7-9H,1-6H2. The van der Waals surface area contributed by atoms with Crippen molar-refractivity contribution in [2.24, 2.45) is 17.8 Å². The van der Waals surface area contributed by atoms with Crippen molar-refractivity contribution in [3.63, 3.8) is 0 Å². The van der Waals surface area contributed by atoms with Crippen molar-refractivity contribution < 1.29 is 15.0 Å². The zero-order chi connectivity index (χ0) is 10.5. The average Bonchev–Trinajstić information content (AvgIpc) is 2.12. The second-order valence-corrected chi connectivity index (χ2v) is 5.48. The van der Waals surface area contributed by atoms with Gasteiger partial charge in [0.25, 0.3) is 0 Å². The highest BCUT2D eigenvalue weighted by Crippen LogP contribution is 2.57. The fraction of sp³-hybridized carbons (Fsp3) is 1.00. The summed E-state index contributed by atoms with van der Waals surface area (Å²) in [6.07, 6.45) is 6.73. The Morgan fingerprint density at radius 1 is 1.07 bits per heavy atom. The van der Waals surface area contributed by atoms with E-state index in [0.29, 0.717) is 17.8 Å². The van der Waals surface area contributed by atoms with Crippen LogP contribution in [-0.4, -0.2) is 10.7 Å². The van der Waals surface area contributed by atoms with Crippen molar-refractivity contribution in [2.75, 3.05) is 0 Å². The SMILES string of the molecule is O=[N+]([O-])OOC12CC3CC(CC(C3)C1)C2. The normalized spacial score (nSPS) is 46.8. The summed E-state index contributed by atoms with van der Waals surface area (Å²) >= 11 is 0. The van der Waals surface area contributed by atoms with E-state index in [1.807, 2.05) is 0 Å². The molecular weight excluding hydrogens is 198 g/mol. The van der Waals surface area contributed by atoms with E-state index in [2.05, 4.69) is 4.99 Å². The van der Waals surface area contributed by atoms with E-state index in [0.717, 1.165) is 19.3 Å². The molecule has 0 heterocycles. The summed E-state index contributed by atoms with van der Waals surface area (Å²) in [4.78, 5) is 19.4. The van der Waals surface area contributed by atoms with Gasteiger partial charge >= 0.3 is 5.09 Å². The van der Waals surface area contributed by atoms with E-state index in [1.54, 1.807) is 0 Å². The highest BCUT2D eigenvalue weighted by molar-refractivity contribution is 5.02. The summed E-state index contributed by atoms with van der Waals surface area (Å²) in [5, 5.41) is 9.30. The maximum absolute atomic E-state index is 10.2. The van der Waals surface area contributed by atoms with E-state index in [9.17, 15) is 10.1 Å². The van der Waals surface area contributed by atoms with Gasteiger partial charge in [0, 0.05) is 0 Å². The van der Waals surface area contributed by atoms with Gasteiger partial charge in [0.2, 0.25) is 0 Å². The Morgan fingerprint density at radius 2 is 1.53 bits per heavy atom. The molecule has 4 fully saturated rings. The largest absolute Gasteiger partial charge is 0.322 e. The van der Waals surface area contributed by atoms with Crippen LogP contribution in [0.25, 0.3) is 0 Å². The van der Waals surface area contributed by atoms with Crippen LogP contribution in [0.5, 0.6) is 0 Å². The van der Waals surface area contributed by atoms with Crippen molar-refractivity contribution in [3.05, 3.63) is 10.1 Å². The lowest BCUT2D eigenvalue weighted by molar-refractivity contribution is -0.861. The lowest BCUT2D eigenvalue weighted by Gasteiger charge is -2.54. The Bertz CT molecular complexity index is 256. The molecule has 5 heteroatoms. The first kappa shape index (κ1) is 9.39. The van der Waals surface area contributed by atoms with Crippen molar-refractivity contribution >= 4 is 0 Å². The molecule has 4 bridgehead atoms. The van der Waals surface area contributed by atoms with Crippen LogP contribution >= 0.6 is 0 Å². The maximum Gasteiger partial charge on any atom is 0.322 e. The molecule has 0 amide bonds. The van der Waals surface area contributed by atoms with Gasteiger partial charge in [-0.2, -0.15) is 4.89 Å². The fourth-order valence-corrected chi connectivity index (χ4v) is 4.24. The van der Waals surface area contributed by atoms with Crippen molar-refractivity contribution in [2.45, 2.75) is 44.1 Å². The second kappa shape index (κ2) is 3.07. The van der Waals surface area contributed by atoms with Crippen molar-refractivity contribution in [3.8, 4) is 0 Å². The molecule has 5 nitrogen and oxygen atoms in total. The smallest absolute Gasteiger partial charge is 0.192 e. The molecule has 4 aliphatic rings. The van der Waals surface area contributed by atoms with Gasteiger partial charge in [0.1, 0.15) is 5.60 Å². The van der Waals surface area contributed by atoms with Gasteiger partial charge in [0.05, 0.1) is 0 Å². The van der Waals surface area contributed by atoms with E-state index < -0.39 is 5.09 Å². The molecule has 0 aromatic heterocycles. The highest BCUT2D eigenvalue weighted by Gasteiger charge is 2.52. The van der Waals surface area contributed by atoms with Crippen LogP contribution in [0.2, 0.25) is 0 Å². The summed E-state index contributed by atoms with van der Waals surface area (Å²) < 4.78 is 0. The van der Waals surface area contributed by atoms with E-state index in [-0.39, 0.29) is 5.60 Å². The molecule has 4 saturated carbocycles. The highest BCUT2D eigenvalue weighted by atomic mass is 17.3. The molecule has 4 rings (SSSR count). The molecule has 0 saturated heterocycles. The van der Waals surface area contributed by atoms with Crippen LogP contribution in [0.15, 0.2) is 0 Å². The molecule has 0 aliphatic heterocycles. The average molecular weight is 213 g/mol. The number of rotatable bonds is 3. The topological polar surface area (TPSA) is 61.6 Å². The van der Waals surface area contributed by atoms with E-state index in [1.165, 1.54) is 19.3 Å². The van der Waals surface area contributed by atoms with E-state index >= 15 is 0 Å². The maximum atomic E-state index is 10.2. The van der Waals surface area contributed by atoms with Gasteiger partial charge in [-0.25, -0.2) is 0 Å². The number of nitrogens with zero attached hydrogens (tertiary/aromatic N) is 1. The van der Waals surface area contributed by atoms with Crippen LogP contribution in [0.3, 0.4) is 0 Å². The van der Waals surface area contributed by atoms with Crippen LogP contribution < -0.4 is 0 Å². The Hall–Kier alpha value is -0.840. The van der Waals surface area contributed by atoms with Crippen molar-refractivity contribution in [1.82, 2.24) is 0 Å². The predicted octanol–water partition coefficient (Wildman–Crippen LogP) is 2.10. The molecule has 0 aromatic carbocycles. The molecule has 4 aliphatic carbocycles. The lowest BCUT2D eigenvalue weighted by Crippen LogP contribution is -2.52. The number of hydrogen-bond donors (Lipinski definition) is 0. The zero-order valence-electron chi connectivity index (χ0n) is 8.55. The van der Waals surface area contributed by atoms with Crippen molar-refractivity contribution in [1.29, 1.82) is 0 Å². The first-order valence-electron chi connectivity index (χ1n) is 5.65. The van der Waals surface area contributed by atoms with Gasteiger partial charge in [-0.3, -0.25) is 0 Å². The third kappa shape index (κ3) is 1.58. The van der Waals surface area contributed by atoms with Gasteiger partial charge in [-0.15, -0.1) is 15.1 Å². The molecule has 0 atom stereocenters. The summed E-state index contributed by atoms with van der Waals surface area (Å²) in [5.41, 5.74) is -0.332. The van der Waals surface area contributed by atoms with Crippen LogP contribution in [0.1, 0.15) is 38.5 Å². The quantitative estimate of drug-likeness (QED) is 0.409. The van der Waals surface area contributed by atoms with Gasteiger partial charge in [-0.05, 0) is 56.3 Å². The molecular formula is C10H15NO4. The Morgan fingerprint density at radius 3 is 1.93 bits per heavy atom. The minimum atomic E-state index is -0.849. The van der Waals surface area contributed by atoms with E-state index in [4.69, 9.17) is 4.89 Å². The monoisotopic (exact) mass is 213 g/mol. The minimum Gasteiger partial charge on any atom is -0.192 e. The summed E-state index contributed by atoms with van der Waals surface area (Å²) in [7, 11) is 0. The van der Waals surface area contributed by atoms with Gasteiger partial charge < -0.3 is 0 Å². The molecule has 0 N–H and O–H groups in total. The Labute approximate surface area is 87.8 Å². The summed E-state index contributed by atoms with van der Waals surface area (Å²) in [5.74, 6) is 2.14. The first-order chi connectivity index (χ1) is 7.15. The minimum absolute atomic E-state index is 0.332. The molecule has 15 heavy (non-hydrogen) atoms. The molecule has 0 radical (unpaired) electrons. The molecule has 0 spiro atoms. The summed E-state index contributed by atoms with van der Waals surface area (Å²) in [6.45, 7) is 0. The zero-order valence-corrected chi connectivity index (χ0v) is 8.55. The molecule has 0 unspecified atom stereocenters. The lowest BCUT2D eigenvalue weighted by atomic mass is 9.54. The molecule has 0 aromatic rings. The predicted molar refractivity (Wildman–Crippen MR) is 50.1 cm³/mol. The Balaban J connectivity index is 1.72. The second-order valence-electron chi connectivity index (χ2n) is 5.48. The van der Waals surface area contributed by atoms with Gasteiger partial charge in [0.15, 0.2) is 0 Å². The summed E-state index contributed by atoms with van der Waals surface area (Å²) in [6, 6.07) is 0. The fourth-order valence-electron chi connectivity index (χ4n) is 4.24. The number of hydrogen-bond acceptors (Lipinski definition) is 4. The van der Waals surface area contributed by atoms with Gasteiger partial charge in [-0.1, -0.05) is 0 Å².